The van der Waals surface area contributed by atoms with Gasteiger partial charge in [-0.1, -0.05) is 11.8 Å². The van der Waals surface area contributed by atoms with Crippen LogP contribution >= 0.6 is 35.7 Å². The van der Waals surface area contributed by atoms with E-state index in [1.165, 1.54) is 0 Å². The second kappa shape index (κ2) is 6.77. The number of rotatable bonds is 6. The summed E-state index contributed by atoms with van der Waals surface area (Å²) in [6, 6.07) is 0. The van der Waals surface area contributed by atoms with E-state index in [0.29, 0.717) is 0 Å². The molecule has 0 saturated carbocycles. The minimum absolute atomic E-state index is 0.738. The zero-order chi connectivity index (χ0) is 8.65. The number of aromatic nitrogens is 1. The molecule has 1 aromatic rings. The van der Waals surface area contributed by atoms with Gasteiger partial charge >= 0.3 is 0 Å². The van der Waals surface area contributed by atoms with Crippen molar-refractivity contribution in [1.29, 1.82) is 0 Å². The Hall–Kier alpha value is 0.290. The molecule has 0 saturated heterocycles. The van der Waals surface area contributed by atoms with Crippen LogP contribution in [-0.2, 0) is 4.74 Å². The zero-order valence-electron chi connectivity index (χ0n) is 6.60. The predicted octanol–water partition coefficient (Wildman–Crippen LogP) is 2.18. The fraction of sp³-hybridized carbons (Fsp3) is 0.571. The summed E-state index contributed by atoms with van der Waals surface area (Å²) >= 11 is 7.44. The predicted molar refractivity (Wildman–Crippen MR) is 57.5 cm³/mol. The van der Waals surface area contributed by atoms with Crippen molar-refractivity contribution in [2.45, 2.75) is 4.34 Å². The molecule has 0 atom stereocenters. The van der Waals surface area contributed by atoms with Crippen molar-refractivity contribution in [3.63, 3.8) is 0 Å². The van der Waals surface area contributed by atoms with Crippen molar-refractivity contribution in [2.24, 2.45) is 0 Å². The molecule has 0 radical (unpaired) electrons. The molecule has 1 aromatic heterocycles. The molecule has 0 unspecified atom stereocenters. The van der Waals surface area contributed by atoms with E-state index < -0.39 is 0 Å². The molecule has 0 aliphatic heterocycles. The minimum atomic E-state index is 0.738. The van der Waals surface area contributed by atoms with E-state index in [0.717, 1.165) is 29.1 Å². The normalized spacial score (nSPS) is 10.4. The van der Waals surface area contributed by atoms with Gasteiger partial charge in [-0.05, 0) is 0 Å². The highest BCUT2D eigenvalue weighted by Gasteiger charge is 1.94. The summed E-state index contributed by atoms with van der Waals surface area (Å²) in [5.41, 5.74) is 0. The lowest BCUT2D eigenvalue weighted by Gasteiger charge is -1.99. The molecular formula is C7H11NOS3. The van der Waals surface area contributed by atoms with Crippen LogP contribution in [0.4, 0.5) is 0 Å². The summed E-state index contributed by atoms with van der Waals surface area (Å²) in [6.07, 6.45) is 1.82. The molecule has 68 valence electrons. The minimum Gasteiger partial charge on any atom is -0.380 e. The van der Waals surface area contributed by atoms with Gasteiger partial charge in [-0.2, -0.15) is 12.6 Å². The van der Waals surface area contributed by atoms with Gasteiger partial charge in [0.1, 0.15) is 4.34 Å². The second-order valence-electron chi connectivity index (χ2n) is 1.98. The lowest BCUT2D eigenvalue weighted by atomic mass is 10.8. The van der Waals surface area contributed by atoms with E-state index in [1.54, 1.807) is 23.1 Å². The highest BCUT2D eigenvalue weighted by Crippen LogP contribution is 2.19. The Morgan fingerprint density at radius 2 is 2.50 bits per heavy atom. The van der Waals surface area contributed by atoms with Crippen molar-refractivity contribution in [2.75, 3.05) is 24.7 Å². The first kappa shape index (κ1) is 10.4. The van der Waals surface area contributed by atoms with Crippen molar-refractivity contribution >= 4 is 35.7 Å². The topological polar surface area (TPSA) is 22.1 Å². The maximum absolute atomic E-state index is 5.26. The van der Waals surface area contributed by atoms with Gasteiger partial charge in [0.25, 0.3) is 0 Å². The Labute approximate surface area is 86.1 Å². The van der Waals surface area contributed by atoms with E-state index in [4.69, 9.17) is 4.74 Å². The molecule has 0 N–H and O–H groups in total. The van der Waals surface area contributed by atoms with Crippen LogP contribution in [0.2, 0.25) is 0 Å². The van der Waals surface area contributed by atoms with Gasteiger partial charge in [-0.3, -0.25) is 0 Å². The zero-order valence-corrected chi connectivity index (χ0v) is 9.13. The summed E-state index contributed by atoms with van der Waals surface area (Å²) in [5, 5.41) is 1.98. The number of thioether (sulfide) groups is 1. The number of hydrogen-bond donors (Lipinski definition) is 1. The lowest BCUT2D eigenvalue weighted by molar-refractivity contribution is 0.167. The average Bonchev–Trinajstić information content (AvgIpc) is 2.57. The molecule has 1 heterocycles. The van der Waals surface area contributed by atoms with Gasteiger partial charge < -0.3 is 4.74 Å². The van der Waals surface area contributed by atoms with E-state index in [-0.39, 0.29) is 0 Å². The van der Waals surface area contributed by atoms with Crippen molar-refractivity contribution in [1.82, 2.24) is 4.98 Å². The van der Waals surface area contributed by atoms with Gasteiger partial charge in [0.15, 0.2) is 0 Å². The van der Waals surface area contributed by atoms with Crippen LogP contribution in [0, 0.1) is 0 Å². The summed E-state index contributed by atoms with van der Waals surface area (Å²) in [7, 11) is 0. The Morgan fingerprint density at radius 1 is 1.58 bits per heavy atom. The molecule has 1 rings (SSSR count). The standard InChI is InChI=1S/C7H11NOS3/c10-4-2-9-3-6-12-7-8-1-5-11-7/h1,5,10H,2-4,6H2. The quantitative estimate of drug-likeness (QED) is 0.452. The van der Waals surface area contributed by atoms with Crippen LogP contribution in [0.3, 0.4) is 0 Å². The third-order valence-electron chi connectivity index (χ3n) is 1.10. The third kappa shape index (κ3) is 4.35. The van der Waals surface area contributed by atoms with Crippen molar-refractivity contribution < 1.29 is 4.74 Å². The largest absolute Gasteiger partial charge is 0.380 e. The van der Waals surface area contributed by atoms with E-state index in [2.05, 4.69) is 17.6 Å². The Morgan fingerprint density at radius 3 is 3.17 bits per heavy atom. The molecule has 0 bridgehead atoms. The summed E-state index contributed by atoms with van der Waals surface area (Å²) in [6.45, 7) is 1.52. The SMILES string of the molecule is SCCOCCSc1nccs1. The summed E-state index contributed by atoms with van der Waals surface area (Å²) < 4.78 is 6.38. The van der Waals surface area contributed by atoms with Crippen LogP contribution in [-0.4, -0.2) is 29.7 Å². The molecule has 5 heteroatoms. The molecule has 0 amide bonds. The van der Waals surface area contributed by atoms with Gasteiger partial charge in [-0.15, -0.1) is 11.3 Å². The maximum Gasteiger partial charge on any atom is 0.149 e. The van der Waals surface area contributed by atoms with E-state index in [1.807, 2.05) is 11.6 Å². The highest BCUT2D eigenvalue weighted by atomic mass is 32.2. The number of nitrogens with zero attached hydrogens (tertiary/aromatic N) is 1. The fourth-order valence-corrected chi connectivity index (χ4v) is 2.33. The van der Waals surface area contributed by atoms with Crippen LogP contribution in [0.25, 0.3) is 0 Å². The third-order valence-corrected chi connectivity index (χ3v) is 3.21. The van der Waals surface area contributed by atoms with Crippen LogP contribution in [0.1, 0.15) is 0 Å². The molecule has 2 nitrogen and oxygen atoms in total. The van der Waals surface area contributed by atoms with Gasteiger partial charge in [-0.25, -0.2) is 4.98 Å². The van der Waals surface area contributed by atoms with Crippen molar-refractivity contribution in [3.05, 3.63) is 11.6 Å². The number of thiol groups is 1. The summed E-state index contributed by atoms with van der Waals surface area (Å²) in [4.78, 5) is 4.14. The number of hydrogen-bond acceptors (Lipinski definition) is 5. The molecule has 12 heavy (non-hydrogen) atoms. The van der Waals surface area contributed by atoms with Crippen LogP contribution in [0.5, 0.6) is 0 Å². The van der Waals surface area contributed by atoms with Gasteiger partial charge in [0, 0.05) is 23.1 Å². The first-order valence-electron chi connectivity index (χ1n) is 3.64. The molecule has 0 fully saturated rings. The molecule has 0 aliphatic carbocycles. The van der Waals surface area contributed by atoms with Crippen molar-refractivity contribution in [3.8, 4) is 0 Å². The smallest absolute Gasteiger partial charge is 0.149 e. The first-order valence-corrected chi connectivity index (χ1v) is 6.14. The van der Waals surface area contributed by atoms with Crippen LogP contribution in [0.15, 0.2) is 15.9 Å². The average molecular weight is 221 g/mol. The van der Waals surface area contributed by atoms with E-state index in [9.17, 15) is 0 Å². The lowest BCUT2D eigenvalue weighted by Crippen LogP contribution is -1.99. The number of thiazole rings is 1. The first-order chi connectivity index (χ1) is 5.93. The summed E-state index contributed by atoms with van der Waals surface area (Å²) in [5.74, 6) is 1.77. The maximum atomic E-state index is 5.26. The number of ether oxygens (including phenoxy) is 1. The monoisotopic (exact) mass is 221 g/mol. The van der Waals surface area contributed by atoms with Crippen LogP contribution < -0.4 is 0 Å². The molecule has 0 aliphatic rings. The molecule has 0 spiro atoms. The molecule has 0 aromatic carbocycles. The fourth-order valence-electron chi connectivity index (χ4n) is 0.636. The van der Waals surface area contributed by atoms with Gasteiger partial charge in [0.2, 0.25) is 0 Å². The van der Waals surface area contributed by atoms with E-state index >= 15 is 0 Å². The van der Waals surface area contributed by atoms with Gasteiger partial charge in [0.05, 0.1) is 13.2 Å². The Balaban J connectivity index is 1.96. The highest BCUT2D eigenvalue weighted by molar-refractivity contribution is 8.01. The Bertz CT molecular complexity index is 191. The Kier molecular flexibility index (Phi) is 5.85. The molecular weight excluding hydrogens is 210 g/mol. The second-order valence-corrected chi connectivity index (χ2v) is 4.67.